The first-order valence-corrected chi connectivity index (χ1v) is 9.27. The minimum atomic E-state index is -0.295. The predicted octanol–water partition coefficient (Wildman–Crippen LogP) is 3.35. The van der Waals surface area contributed by atoms with Crippen LogP contribution in [0.15, 0.2) is 41.8 Å². The molecule has 2 amide bonds. The lowest BCUT2D eigenvalue weighted by molar-refractivity contribution is -0.134. The van der Waals surface area contributed by atoms with Crippen molar-refractivity contribution in [3.05, 3.63) is 58.0 Å². The topological polar surface area (TPSA) is 49.4 Å². The van der Waals surface area contributed by atoms with E-state index in [0.717, 1.165) is 10.4 Å². The first kappa shape index (κ1) is 17.6. The largest absolute Gasteiger partial charge is 0.344 e. The molecule has 6 heteroatoms. The first-order valence-electron chi connectivity index (χ1n) is 8.39. The molecule has 1 N–H and O–H groups in total. The second-order valence-corrected chi connectivity index (χ2v) is 7.27. The number of benzene rings is 1. The monoisotopic (exact) mass is 360 g/mol. The molecule has 1 atom stereocenters. The smallest absolute Gasteiger partial charge is 0.224 e. The van der Waals surface area contributed by atoms with Crippen molar-refractivity contribution >= 4 is 23.2 Å². The fourth-order valence-corrected chi connectivity index (χ4v) is 3.95. The molecule has 0 unspecified atom stereocenters. The van der Waals surface area contributed by atoms with Crippen molar-refractivity contribution in [2.45, 2.75) is 25.8 Å². The van der Waals surface area contributed by atoms with Crippen molar-refractivity contribution in [2.24, 2.45) is 5.92 Å². The molecule has 2 aromatic rings. The molecule has 0 radical (unpaired) electrons. The summed E-state index contributed by atoms with van der Waals surface area (Å²) in [5.41, 5.74) is 0.860. The van der Waals surface area contributed by atoms with Gasteiger partial charge < -0.3 is 10.2 Å². The fourth-order valence-electron chi connectivity index (χ4n) is 3.15. The third kappa shape index (κ3) is 4.25. The van der Waals surface area contributed by atoms with Crippen molar-refractivity contribution in [3.8, 4) is 0 Å². The van der Waals surface area contributed by atoms with Crippen LogP contribution in [0.1, 0.15) is 36.2 Å². The number of halogens is 1. The van der Waals surface area contributed by atoms with Crippen LogP contribution in [0, 0.1) is 11.7 Å². The Hall–Kier alpha value is -2.21. The Labute approximate surface area is 150 Å². The Morgan fingerprint density at radius 2 is 1.88 bits per heavy atom. The highest BCUT2D eigenvalue weighted by molar-refractivity contribution is 7.10. The van der Waals surface area contributed by atoms with Gasteiger partial charge in [0, 0.05) is 30.8 Å². The number of rotatable bonds is 4. The fraction of sp³-hybridized carbons (Fsp3) is 0.368. The highest BCUT2D eigenvalue weighted by atomic mass is 32.1. The first-order chi connectivity index (χ1) is 12.0. The molecule has 1 aromatic carbocycles. The summed E-state index contributed by atoms with van der Waals surface area (Å²) in [5, 5.41) is 5.08. The number of thiophene rings is 1. The van der Waals surface area contributed by atoms with Gasteiger partial charge in [0.1, 0.15) is 5.82 Å². The highest BCUT2D eigenvalue weighted by Gasteiger charge is 2.28. The molecule has 1 aliphatic heterocycles. The van der Waals surface area contributed by atoms with Crippen molar-refractivity contribution in [3.63, 3.8) is 0 Å². The van der Waals surface area contributed by atoms with Crippen LogP contribution in [0.3, 0.4) is 0 Å². The Morgan fingerprint density at radius 3 is 2.44 bits per heavy atom. The van der Waals surface area contributed by atoms with Gasteiger partial charge in [0.25, 0.3) is 0 Å². The van der Waals surface area contributed by atoms with Crippen molar-refractivity contribution < 1.29 is 14.0 Å². The lowest BCUT2D eigenvalue weighted by Crippen LogP contribution is -2.43. The third-order valence-electron chi connectivity index (χ3n) is 4.63. The maximum Gasteiger partial charge on any atom is 0.224 e. The van der Waals surface area contributed by atoms with Gasteiger partial charge in [-0.15, -0.1) is 11.3 Å². The van der Waals surface area contributed by atoms with Crippen LogP contribution in [-0.2, 0) is 9.59 Å². The third-order valence-corrected chi connectivity index (χ3v) is 5.57. The number of nitrogens with zero attached hydrogens (tertiary/aromatic N) is 1. The molecular weight excluding hydrogens is 339 g/mol. The second kappa shape index (κ2) is 7.78. The second-order valence-electron chi connectivity index (χ2n) is 6.29. The number of carbonyl (C=O) groups excluding carboxylic acids is 2. The van der Waals surface area contributed by atoms with Crippen molar-refractivity contribution in [1.29, 1.82) is 0 Å². The van der Waals surface area contributed by atoms with Gasteiger partial charge in [0.05, 0.1) is 6.04 Å². The molecule has 4 nitrogen and oxygen atoms in total. The van der Waals surface area contributed by atoms with E-state index >= 15 is 0 Å². The van der Waals surface area contributed by atoms with Crippen LogP contribution in [-0.4, -0.2) is 29.8 Å². The molecule has 1 saturated heterocycles. The minimum Gasteiger partial charge on any atom is -0.344 e. The van der Waals surface area contributed by atoms with Gasteiger partial charge >= 0.3 is 0 Å². The number of piperidine rings is 1. The van der Waals surface area contributed by atoms with Gasteiger partial charge in [-0.1, -0.05) is 18.2 Å². The van der Waals surface area contributed by atoms with Crippen LogP contribution >= 0.6 is 11.3 Å². The van der Waals surface area contributed by atoms with Crippen LogP contribution in [0.4, 0.5) is 4.39 Å². The van der Waals surface area contributed by atoms with E-state index in [2.05, 4.69) is 5.32 Å². The highest BCUT2D eigenvalue weighted by Crippen LogP contribution is 2.28. The molecule has 0 saturated carbocycles. The standard InChI is InChI=1S/C19H21FN2O2S/c1-13(23)22-10-8-15(9-11-22)19(24)21-18(17-3-2-12-25-17)14-4-6-16(20)7-5-14/h2-7,12,15,18H,8-11H2,1H3,(H,21,24)/t18-/m0/s1. The van der Waals surface area contributed by atoms with Gasteiger partial charge in [-0.3, -0.25) is 9.59 Å². The van der Waals surface area contributed by atoms with Crippen LogP contribution < -0.4 is 5.32 Å². The van der Waals surface area contributed by atoms with E-state index < -0.39 is 0 Å². The average Bonchev–Trinajstić information content (AvgIpc) is 3.15. The van der Waals surface area contributed by atoms with Gasteiger partial charge in [0.2, 0.25) is 11.8 Å². The molecule has 2 heterocycles. The van der Waals surface area contributed by atoms with Gasteiger partial charge in [0.15, 0.2) is 0 Å². The molecule has 1 aliphatic rings. The SMILES string of the molecule is CC(=O)N1CCC(C(=O)N[C@@H](c2ccc(F)cc2)c2cccs2)CC1. The molecule has 132 valence electrons. The molecule has 3 rings (SSSR count). The zero-order valence-corrected chi connectivity index (χ0v) is 14.9. The molecule has 0 aliphatic carbocycles. The van der Waals surface area contributed by atoms with E-state index in [0.29, 0.717) is 25.9 Å². The number of hydrogen-bond donors (Lipinski definition) is 1. The summed E-state index contributed by atoms with van der Waals surface area (Å²) >= 11 is 1.56. The summed E-state index contributed by atoms with van der Waals surface area (Å²) in [4.78, 5) is 26.9. The summed E-state index contributed by atoms with van der Waals surface area (Å²) in [6.45, 7) is 2.79. The van der Waals surface area contributed by atoms with E-state index in [1.54, 1.807) is 35.3 Å². The average molecular weight is 360 g/mol. The number of hydrogen-bond acceptors (Lipinski definition) is 3. The molecular formula is C19H21FN2O2S. The van der Waals surface area contributed by atoms with E-state index in [1.165, 1.54) is 12.1 Å². The maximum atomic E-state index is 13.2. The van der Waals surface area contributed by atoms with Crippen LogP contribution in [0.5, 0.6) is 0 Å². The summed E-state index contributed by atoms with van der Waals surface area (Å²) in [6.07, 6.45) is 1.35. The van der Waals surface area contributed by atoms with Gasteiger partial charge in [-0.05, 0) is 42.0 Å². The number of nitrogens with one attached hydrogen (secondary N) is 1. The molecule has 1 fully saturated rings. The van der Waals surface area contributed by atoms with Crippen molar-refractivity contribution in [1.82, 2.24) is 10.2 Å². The van der Waals surface area contributed by atoms with E-state index in [1.807, 2.05) is 17.5 Å². The van der Waals surface area contributed by atoms with Crippen LogP contribution in [0.2, 0.25) is 0 Å². The van der Waals surface area contributed by atoms with Crippen LogP contribution in [0.25, 0.3) is 0 Å². The lowest BCUT2D eigenvalue weighted by Gasteiger charge is -2.31. The molecule has 0 bridgehead atoms. The predicted molar refractivity (Wildman–Crippen MR) is 95.7 cm³/mol. The summed E-state index contributed by atoms with van der Waals surface area (Å²) < 4.78 is 13.2. The summed E-state index contributed by atoms with van der Waals surface area (Å²) in [7, 11) is 0. The minimum absolute atomic E-state index is 0.00840. The van der Waals surface area contributed by atoms with Gasteiger partial charge in [-0.2, -0.15) is 0 Å². The zero-order valence-electron chi connectivity index (χ0n) is 14.1. The normalized spacial score (nSPS) is 16.5. The van der Waals surface area contributed by atoms with E-state index in [4.69, 9.17) is 0 Å². The number of amides is 2. The summed E-state index contributed by atoms with van der Waals surface area (Å²) in [6, 6.07) is 9.86. The Bertz CT molecular complexity index is 722. The maximum absolute atomic E-state index is 13.2. The molecule has 1 aromatic heterocycles. The van der Waals surface area contributed by atoms with E-state index in [-0.39, 0.29) is 29.6 Å². The van der Waals surface area contributed by atoms with Gasteiger partial charge in [-0.25, -0.2) is 4.39 Å². The lowest BCUT2D eigenvalue weighted by atomic mass is 9.94. The molecule has 0 spiro atoms. The summed E-state index contributed by atoms with van der Waals surface area (Å²) in [5.74, 6) is -0.345. The number of carbonyl (C=O) groups is 2. The number of likely N-dealkylation sites (tertiary alicyclic amines) is 1. The Morgan fingerprint density at radius 1 is 1.20 bits per heavy atom. The molecule has 25 heavy (non-hydrogen) atoms. The Balaban J connectivity index is 1.71. The van der Waals surface area contributed by atoms with E-state index in [9.17, 15) is 14.0 Å². The zero-order chi connectivity index (χ0) is 17.8. The van der Waals surface area contributed by atoms with Crippen molar-refractivity contribution in [2.75, 3.05) is 13.1 Å². The Kier molecular flexibility index (Phi) is 5.48. The quantitative estimate of drug-likeness (QED) is 0.909.